The molecule has 0 aromatic heterocycles. The van der Waals surface area contributed by atoms with Crippen LogP contribution in [0.1, 0.15) is 12.0 Å². The molecular weight excluding hydrogens is 234 g/mol. The SMILES string of the molecule is O=C1CCN1C(=O)OCCOCc1ccccc1. The predicted molar refractivity (Wildman–Crippen MR) is 63.8 cm³/mol. The molecule has 0 saturated carbocycles. The van der Waals surface area contributed by atoms with E-state index in [1.54, 1.807) is 0 Å². The van der Waals surface area contributed by atoms with Crippen molar-refractivity contribution in [3.05, 3.63) is 35.9 Å². The maximum atomic E-state index is 11.3. The number of hydrogen-bond donors (Lipinski definition) is 0. The van der Waals surface area contributed by atoms with Crippen LogP contribution in [0.15, 0.2) is 30.3 Å². The summed E-state index contributed by atoms with van der Waals surface area (Å²) in [4.78, 5) is 23.3. The van der Waals surface area contributed by atoms with Crippen LogP contribution in [-0.4, -0.2) is 36.7 Å². The highest BCUT2D eigenvalue weighted by Crippen LogP contribution is 2.09. The first kappa shape index (κ1) is 12.6. The third kappa shape index (κ3) is 3.30. The highest BCUT2D eigenvalue weighted by atomic mass is 16.6. The highest BCUT2D eigenvalue weighted by molar-refractivity contribution is 5.96. The van der Waals surface area contributed by atoms with Crippen LogP contribution < -0.4 is 0 Å². The first-order valence-electron chi connectivity index (χ1n) is 5.86. The molecule has 0 atom stereocenters. The summed E-state index contributed by atoms with van der Waals surface area (Å²) in [5.74, 6) is -0.176. The minimum absolute atomic E-state index is 0.162. The number of β-lactam (4-membered cyclic amide) rings is 1. The number of likely N-dealkylation sites (tertiary alicyclic amines) is 1. The van der Waals surface area contributed by atoms with Crippen molar-refractivity contribution < 1.29 is 19.1 Å². The normalized spacial score (nSPS) is 14.2. The maximum Gasteiger partial charge on any atom is 0.416 e. The Kier molecular flexibility index (Phi) is 4.30. The Balaban J connectivity index is 1.56. The molecule has 1 aromatic rings. The van der Waals surface area contributed by atoms with Gasteiger partial charge in [0.05, 0.1) is 13.2 Å². The zero-order valence-corrected chi connectivity index (χ0v) is 10.0. The van der Waals surface area contributed by atoms with Gasteiger partial charge < -0.3 is 9.47 Å². The van der Waals surface area contributed by atoms with Crippen LogP contribution >= 0.6 is 0 Å². The van der Waals surface area contributed by atoms with E-state index in [9.17, 15) is 9.59 Å². The van der Waals surface area contributed by atoms with Crippen molar-refractivity contribution in [1.82, 2.24) is 4.90 Å². The summed E-state index contributed by atoms with van der Waals surface area (Å²) >= 11 is 0. The van der Waals surface area contributed by atoms with E-state index in [2.05, 4.69) is 0 Å². The quantitative estimate of drug-likeness (QED) is 0.587. The molecule has 18 heavy (non-hydrogen) atoms. The van der Waals surface area contributed by atoms with Crippen LogP contribution in [0.2, 0.25) is 0 Å². The summed E-state index contributed by atoms with van der Waals surface area (Å²) in [6, 6.07) is 9.74. The second kappa shape index (κ2) is 6.16. The topological polar surface area (TPSA) is 55.8 Å². The van der Waals surface area contributed by atoms with Crippen LogP contribution in [0.4, 0.5) is 4.79 Å². The third-order valence-corrected chi connectivity index (χ3v) is 2.64. The van der Waals surface area contributed by atoms with Gasteiger partial charge in [0.2, 0.25) is 5.91 Å². The molecule has 2 amide bonds. The Morgan fingerprint density at radius 3 is 2.61 bits per heavy atom. The Hall–Kier alpha value is -1.88. The lowest BCUT2D eigenvalue weighted by Crippen LogP contribution is -2.47. The Morgan fingerprint density at radius 1 is 1.22 bits per heavy atom. The number of ether oxygens (including phenoxy) is 2. The summed E-state index contributed by atoms with van der Waals surface area (Å²) < 4.78 is 10.2. The van der Waals surface area contributed by atoms with Gasteiger partial charge in [-0.3, -0.25) is 4.79 Å². The summed E-state index contributed by atoms with van der Waals surface area (Å²) in [5, 5.41) is 0. The van der Waals surface area contributed by atoms with Crippen molar-refractivity contribution in [2.24, 2.45) is 0 Å². The number of benzene rings is 1. The van der Waals surface area contributed by atoms with Crippen molar-refractivity contribution in [3.8, 4) is 0 Å². The third-order valence-electron chi connectivity index (χ3n) is 2.64. The molecule has 5 nitrogen and oxygen atoms in total. The minimum atomic E-state index is -0.574. The lowest BCUT2D eigenvalue weighted by Gasteiger charge is -2.27. The van der Waals surface area contributed by atoms with Gasteiger partial charge in [-0.1, -0.05) is 30.3 Å². The molecule has 0 bridgehead atoms. The van der Waals surface area contributed by atoms with E-state index in [0.717, 1.165) is 10.5 Å². The van der Waals surface area contributed by atoms with E-state index in [1.165, 1.54) is 0 Å². The van der Waals surface area contributed by atoms with Crippen molar-refractivity contribution in [3.63, 3.8) is 0 Å². The minimum Gasteiger partial charge on any atom is -0.447 e. The van der Waals surface area contributed by atoms with Crippen molar-refractivity contribution in [2.75, 3.05) is 19.8 Å². The fourth-order valence-electron chi connectivity index (χ4n) is 1.54. The summed E-state index contributed by atoms with van der Waals surface area (Å²) in [7, 11) is 0. The van der Waals surface area contributed by atoms with E-state index in [0.29, 0.717) is 26.2 Å². The first-order valence-corrected chi connectivity index (χ1v) is 5.86. The summed E-state index contributed by atoms with van der Waals surface area (Å²) in [6.07, 6.45) is -0.144. The average molecular weight is 249 g/mol. The van der Waals surface area contributed by atoms with Crippen LogP contribution in [0.5, 0.6) is 0 Å². The molecular formula is C13H15NO4. The standard InChI is InChI=1S/C13H15NO4/c15-12-6-7-14(12)13(16)18-9-8-17-10-11-4-2-1-3-5-11/h1-5H,6-10H2. The molecule has 1 aliphatic heterocycles. The van der Waals surface area contributed by atoms with Gasteiger partial charge in [-0.25, -0.2) is 9.69 Å². The highest BCUT2D eigenvalue weighted by Gasteiger charge is 2.30. The van der Waals surface area contributed by atoms with Gasteiger partial charge in [0, 0.05) is 13.0 Å². The molecule has 1 heterocycles. The fraction of sp³-hybridized carbons (Fsp3) is 0.385. The van der Waals surface area contributed by atoms with Gasteiger partial charge >= 0.3 is 6.09 Å². The van der Waals surface area contributed by atoms with E-state index in [1.807, 2.05) is 30.3 Å². The number of amides is 2. The Bertz CT molecular complexity index is 418. The molecule has 1 aliphatic rings. The second-order valence-corrected chi connectivity index (χ2v) is 3.95. The van der Waals surface area contributed by atoms with Crippen LogP contribution in [0.25, 0.3) is 0 Å². The van der Waals surface area contributed by atoms with E-state index >= 15 is 0 Å². The first-order chi connectivity index (χ1) is 8.77. The molecule has 1 saturated heterocycles. The summed E-state index contributed by atoms with van der Waals surface area (Å²) in [6.45, 7) is 1.43. The number of carbonyl (C=O) groups excluding carboxylic acids is 2. The molecule has 1 aromatic carbocycles. The van der Waals surface area contributed by atoms with Crippen LogP contribution in [0, 0.1) is 0 Å². The lowest BCUT2D eigenvalue weighted by molar-refractivity contribution is -0.137. The lowest BCUT2D eigenvalue weighted by atomic mass is 10.2. The molecule has 0 spiro atoms. The molecule has 96 valence electrons. The predicted octanol–water partition coefficient (Wildman–Crippen LogP) is 1.57. The van der Waals surface area contributed by atoms with Crippen molar-refractivity contribution >= 4 is 12.0 Å². The van der Waals surface area contributed by atoms with Crippen LogP contribution in [-0.2, 0) is 20.9 Å². The maximum absolute atomic E-state index is 11.3. The summed E-state index contributed by atoms with van der Waals surface area (Å²) in [5.41, 5.74) is 1.07. The molecule has 2 rings (SSSR count). The van der Waals surface area contributed by atoms with E-state index < -0.39 is 6.09 Å². The van der Waals surface area contributed by atoms with Gasteiger partial charge in [0.1, 0.15) is 6.61 Å². The monoisotopic (exact) mass is 249 g/mol. The zero-order chi connectivity index (χ0) is 12.8. The molecule has 0 aliphatic carbocycles. The molecule has 0 radical (unpaired) electrons. The number of carbonyl (C=O) groups is 2. The molecule has 5 heteroatoms. The average Bonchev–Trinajstić information content (AvgIpc) is 2.38. The Morgan fingerprint density at radius 2 is 2.00 bits per heavy atom. The van der Waals surface area contributed by atoms with Gasteiger partial charge in [-0.05, 0) is 5.56 Å². The van der Waals surface area contributed by atoms with E-state index in [4.69, 9.17) is 9.47 Å². The fourth-order valence-corrected chi connectivity index (χ4v) is 1.54. The van der Waals surface area contributed by atoms with Gasteiger partial charge in [0.15, 0.2) is 0 Å². The smallest absolute Gasteiger partial charge is 0.416 e. The molecule has 0 N–H and O–H groups in total. The van der Waals surface area contributed by atoms with Crippen molar-refractivity contribution in [2.45, 2.75) is 13.0 Å². The number of hydrogen-bond acceptors (Lipinski definition) is 4. The second-order valence-electron chi connectivity index (χ2n) is 3.95. The van der Waals surface area contributed by atoms with Gasteiger partial charge in [-0.2, -0.15) is 0 Å². The number of imide groups is 1. The molecule has 1 fully saturated rings. The Labute approximate surface area is 105 Å². The van der Waals surface area contributed by atoms with Crippen molar-refractivity contribution in [1.29, 1.82) is 0 Å². The van der Waals surface area contributed by atoms with Gasteiger partial charge in [-0.15, -0.1) is 0 Å². The number of rotatable bonds is 5. The van der Waals surface area contributed by atoms with Crippen LogP contribution in [0.3, 0.4) is 0 Å². The largest absolute Gasteiger partial charge is 0.447 e. The number of nitrogens with zero attached hydrogens (tertiary/aromatic N) is 1. The van der Waals surface area contributed by atoms with Gasteiger partial charge in [0.25, 0.3) is 0 Å². The zero-order valence-electron chi connectivity index (χ0n) is 10.0. The molecule has 0 unspecified atom stereocenters. The van der Waals surface area contributed by atoms with E-state index in [-0.39, 0.29) is 12.5 Å².